The van der Waals surface area contributed by atoms with Crippen molar-refractivity contribution in [2.45, 2.75) is 33.2 Å². The Labute approximate surface area is 114 Å². The smallest absolute Gasteiger partial charge is 0.309 e. The summed E-state index contributed by atoms with van der Waals surface area (Å²) in [4.78, 5) is 18.3. The highest BCUT2D eigenvalue weighted by atomic mass is 16.5. The van der Waals surface area contributed by atoms with E-state index in [1.165, 1.54) is 5.56 Å². The molecule has 0 bridgehead atoms. The largest absolute Gasteiger partial charge is 0.466 e. The molecule has 0 radical (unpaired) electrons. The zero-order valence-corrected chi connectivity index (χ0v) is 11.8. The van der Waals surface area contributed by atoms with Gasteiger partial charge >= 0.3 is 5.97 Å². The number of esters is 1. The Morgan fingerprint density at radius 3 is 2.84 bits per heavy atom. The quantitative estimate of drug-likeness (QED) is 0.780. The van der Waals surface area contributed by atoms with Crippen molar-refractivity contribution in [3.05, 3.63) is 29.6 Å². The molecule has 0 aliphatic carbocycles. The van der Waals surface area contributed by atoms with Crippen LogP contribution in [0, 0.1) is 12.8 Å². The molecule has 19 heavy (non-hydrogen) atoms. The SMILES string of the molecule is CCOC(=O)C1CCN(Cc2ccnc(C)c2)CC1. The molecule has 0 unspecified atom stereocenters. The molecule has 4 heteroatoms. The Hall–Kier alpha value is -1.42. The summed E-state index contributed by atoms with van der Waals surface area (Å²) in [5.74, 6) is 0.0669. The normalized spacial score (nSPS) is 17.4. The zero-order valence-electron chi connectivity index (χ0n) is 11.8. The number of piperidine rings is 1. The second kappa shape index (κ2) is 6.66. The van der Waals surface area contributed by atoms with E-state index in [2.05, 4.69) is 22.0 Å². The molecule has 0 saturated carbocycles. The third kappa shape index (κ3) is 4.03. The summed E-state index contributed by atoms with van der Waals surface area (Å²) in [5, 5.41) is 0. The van der Waals surface area contributed by atoms with Gasteiger partial charge in [-0.2, -0.15) is 0 Å². The van der Waals surface area contributed by atoms with E-state index >= 15 is 0 Å². The van der Waals surface area contributed by atoms with Gasteiger partial charge in [-0.15, -0.1) is 0 Å². The van der Waals surface area contributed by atoms with E-state index < -0.39 is 0 Å². The van der Waals surface area contributed by atoms with Gasteiger partial charge in [0.2, 0.25) is 0 Å². The summed E-state index contributed by atoms with van der Waals surface area (Å²) in [5.41, 5.74) is 2.35. The summed E-state index contributed by atoms with van der Waals surface area (Å²) < 4.78 is 5.08. The minimum absolute atomic E-state index is 0.0260. The van der Waals surface area contributed by atoms with E-state index in [1.54, 1.807) is 0 Å². The lowest BCUT2D eigenvalue weighted by molar-refractivity contribution is -0.149. The fourth-order valence-corrected chi connectivity index (χ4v) is 2.55. The molecule has 0 amide bonds. The van der Waals surface area contributed by atoms with Crippen molar-refractivity contribution in [2.75, 3.05) is 19.7 Å². The summed E-state index contributed by atoms with van der Waals surface area (Å²) in [6, 6.07) is 4.18. The summed E-state index contributed by atoms with van der Waals surface area (Å²) in [7, 11) is 0. The Morgan fingerprint density at radius 2 is 2.21 bits per heavy atom. The van der Waals surface area contributed by atoms with Gasteiger partial charge in [-0.05, 0) is 57.5 Å². The molecule has 0 atom stereocenters. The van der Waals surface area contributed by atoms with Crippen LogP contribution in [0.1, 0.15) is 31.0 Å². The van der Waals surface area contributed by atoms with E-state index in [1.807, 2.05) is 20.0 Å². The molecule has 1 aromatic rings. The summed E-state index contributed by atoms with van der Waals surface area (Å²) in [6.45, 7) is 7.22. The molecule has 1 aliphatic heterocycles. The first kappa shape index (κ1) is 14.0. The Bertz CT molecular complexity index is 426. The Balaban J connectivity index is 1.82. The molecular formula is C15H22N2O2. The highest BCUT2D eigenvalue weighted by Gasteiger charge is 2.25. The first-order valence-electron chi connectivity index (χ1n) is 6.99. The van der Waals surface area contributed by atoms with Crippen LogP contribution in [0.3, 0.4) is 0 Å². The number of hydrogen-bond donors (Lipinski definition) is 0. The van der Waals surface area contributed by atoms with Gasteiger partial charge in [0, 0.05) is 18.4 Å². The first-order chi connectivity index (χ1) is 9.19. The van der Waals surface area contributed by atoms with E-state index in [4.69, 9.17) is 4.74 Å². The highest BCUT2D eigenvalue weighted by Crippen LogP contribution is 2.20. The van der Waals surface area contributed by atoms with E-state index in [-0.39, 0.29) is 11.9 Å². The minimum Gasteiger partial charge on any atom is -0.466 e. The highest BCUT2D eigenvalue weighted by molar-refractivity contribution is 5.72. The number of pyridine rings is 1. The van der Waals surface area contributed by atoms with Gasteiger partial charge < -0.3 is 4.74 Å². The number of nitrogens with zero attached hydrogens (tertiary/aromatic N) is 2. The number of hydrogen-bond acceptors (Lipinski definition) is 4. The minimum atomic E-state index is -0.0260. The number of ether oxygens (including phenoxy) is 1. The van der Waals surface area contributed by atoms with Gasteiger partial charge in [-0.1, -0.05) is 0 Å². The number of aryl methyl sites for hydroxylation is 1. The standard InChI is InChI=1S/C15H22N2O2/c1-3-19-15(18)14-5-8-17(9-6-14)11-13-4-7-16-12(2)10-13/h4,7,10,14H,3,5-6,8-9,11H2,1-2H3. The molecule has 104 valence electrons. The molecular weight excluding hydrogens is 240 g/mol. The monoisotopic (exact) mass is 262 g/mol. The Morgan fingerprint density at radius 1 is 1.47 bits per heavy atom. The van der Waals surface area contributed by atoms with Crippen LogP contribution in [-0.4, -0.2) is 35.5 Å². The van der Waals surface area contributed by atoms with Crippen molar-refractivity contribution in [2.24, 2.45) is 5.92 Å². The maximum atomic E-state index is 11.7. The average molecular weight is 262 g/mol. The van der Waals surface area contributed by atoms with Crippen molar-refractivity contribution in [3.63, 3.8) is 0 Å². The lowest BCUT2D eigenvalue weighted by Gasteiger charge is -2.30. The molecule has 2 rings (SSSR count). The van der Waals surface area contributed by atoms with Crippen LogP contribution in [0.2, 0.25) is 0 Å². The van der Waals surface area contributed by atoms with Crippen LogP contribution >= 0.6 is 0 Å². The van der Waals surface area contributed by atoms with Crippen molar-refractivity contribution in [3.8, 4) is 0 Å². The Kier molecular flexibility index (Phi) is 4.91. The predicted molar refractivity (Wildman–Crippen MR) is 73.6 cm³/mol. The predicted octanol–water partition coefficient (Wildman–Crippen LogP) is 2.17. The van der Waals surface area contributed by atoms with Crippen molar-refractivity contribution >= 4 is 5.97 Å². The van der Waals surface area contributed by atoms with Gasteiger partial charge in [-0.25, -0.2) is 0 Å². The molecule has 0 N–H and O–H groups in total. The molecule has 1 saturated heterocycles. The fourth-order valence-electron chi connectivity index (χ4n) is 2.55. The van der Waals surface area contributed by atoms with Gasteiger partial charge in [0.25, 0.3) is 0 Å². The molecule has 1 aliphatic rings. The third-order valence-corrected chi connectivity index (χ3v) is 3.57. The van der Waals surface area contributed by atoms with Crippen LogP contribution in [0.4, 0.5) is 0 Å². The van der Waals surface area contributed by atoms with Crippen LogP contribution in [0.25, 0.3) is 0 Å². The van der Waals surface area contributed by atoms with E-state index in [0.717, 1.165) is 38.2 Å². The maximum absolute atomic E-state index is 11.7. The van der Waals surface area contributed by atoms with Gasteiger partial charge in [0.1, 0.15) is 0 Å². The van der Waals surface area contributed by atoms with Gasteiger partial charge in [0.15, 0.2) is 0 Å². The number of carbonyl (C=O) groups excluding carboxylic acids is 1. The van der Waals surface area contributed by atoms with E-state index in [0.29, 0.717) is 6.61 Å². The van der Waals surface area contributed by atoms with Crippen LogP contribution < -0.4 is 0 Å². The lowest BCUT2D eigenvalue weighted by Crippen LogP contribution is -2.36. The topological polar surface area (TPSA) is 42.4 Å². The molecule has 0 aromatic carbocycles. The summed E-state index contributed by atoms with van der Waals surface area (Å²) in [6.07, 6.45) is 3.67. The zero-order chi connectivity index (χ0) is 13.7. The van der Waals surface area contributed by atoms with E-state index in [9.17, 15) is 4.79 Å². The van der Waals surface area contributed by atoms with Crippen molar-refractivity contribution in [1.29, 1.82) is 0 Å². The third-order valence-electron chi connectivity index (χ3n) is 3.57. The van der Waals surface area contributed by atoms with Crippen LogP contribution in [-0.2, 0) is 16.1 Å². The lowest BCUT2D eigenvalue weighted by atomic mass is 9.96. The number of rotatable bonds is 4. The average Bonchev–Trinajstić information content (AvgIpc) is 2.40. The van der Waals surface area contributed by atoms with Gasteiger partial charge in [0.05, 0.1) is 12.5 Å². The fraction of sp³-hybridized carbons (Fsp3) is 0.600. The molecule has 4 nitrogen and oxygen atoms in total. The molecule has 0 spiro atoms. The molecule has 1 fully saturated rings. The first-order valence-corrected chi connectivity index (χ1v) is 6.99. The van der Waals surface area contributed by atoms with Gasteiger partial charge in [-0.3, -0.25) is 14.7 Å². The van der Waals surface area contributed by atoms with Crippen LogP contribution in [0.5, 0.6) is 0 Å². The van der Waals surface area contributed by atoms with Crippen molar-refractivity contribution < 1.29 is 9.53 Å². The second-order valence-electron chi connectivity index (χ2n) is 5.11. The van der Waals surface area contributed by atoms with Crippen molar-refractivity contribution in [1.82, 2.24) is 9.88 Å². The van der Waals surface area contributed by atoms with Crippen LogP contribution in [0.15, 0.2) is 18.3 Å². The molecule has 2 heterocycles. The number of carbonyl (C=O) groups is 1. The number of aromatic nitrogens is 1. The maximum Gasteiger partial charge on any atom is 0.309 e. The number of likely N-dealkylation sites (tertiary alicyclic amines) is 1. The summed E-state index contributed by atoms with van der Waals surface area (Å²) >= 11 is 0. The molecule has 1 aromatic heterocycles. The second-order valence-corrected chi connectivity index (χ2v) is 5.11.